The Morgan fingerprint density at radius 2 is 1.73 bits per heavy atom. The number of likely N-dealkylation sites (N-methyl/N-ethyl adjacent to an activating group) is 1. The van der Waals surface area contributed by atoms with Gasteiger partial charge in [-0.3, -0.25) is 14.5 Å². The number of aromatic nitrogens is 5. The lowest BCUT2D eigenvalue weighted by atomic mass is 9.83. The van der Waals surface area contributed by atoms with Crippen LogP contribution in [0.25, 0.3) is 11.2 Å². The van der Waals surface area contributed by atoms with Crippen molar-refractivity contribution in [2.24, 2.45) is 0 Å². The average molecular weight is 639 g/mol. The number of imide groups is 1. The zero-order valence-corrected chi connectivity index (χ0v) is 23.6. The number of hydrogen-bond acceptors (Lipinski definition) is 8. The molecule has 0 atom stereocenters. The monoisotopic (exact) mass is 638 g/mol. The summed E-state index contributed by atoms with van der Waals surface area (Å²) >= 11 is 0. The van der Waals surface area contributed by atoms with E-state index in [0.29, 0.717) is 28.4 Å². The van der Waals surface area contributed by atoms with Crippen LogP contribution in [0, 0.1) is 11.6 Å². The van der Waals surface area contributed by atoms with E-state index in [4.69, 9.17) is 0 Å². The number of amides is 2. The molecule has 5 rings (SSSR count). The van der Waals surface area contributed by atoms with Crippen LogP contribution in [-0.4, -0.2) is 74.1 Å². The van der Waals surface area contributed by atoms with Gasteiger partial charge in [0.1, 0.15) is 40.7 Å². The van der Waals surface area contributed by atoms with E-state index in [9.17, 15) is 40.3 Å². The van der Waals surface area contributed by atoms with Gasteiger partial charge in [-0.1, -0.05) is 0 Å². The number of pyridine rings is 1. The van der Waals surface area contributed by atoms with Gasteiger partial charge in [0.15, 0.2) is 5.65 Å². The first kappa shape index (κ1) is 31.7. The van der Waals surface area contributed by atoms with Crippen molar-refractivity contribution in [2.45, 2.75) is 44.1 Å². The standard InChI is InChI=1S/C28H25F7N8O2/c1-40(14-17-8-18(29)10-19(30)9-17)27(26(45)42(16-44)20-2-3-22(37-11-20)28(33,34)35)4-6-41(7-5-27)24-13-36-21-12-38-43(15-23(31)32)25(21)39-24/h2-3,8-13,16,23H,4-7,14-15H2,1H3. The highest BCUT2D eigenvalue weighted by Gasteiger charge is 2.48. The molecule has 0 aliphatic carbocycles. The highest BCUT2D eigenvalue weighted by Crippen LogP contribution is 2.35. The third-order valence-corrected chi connectivity index (χ3v) is 7.67. The third-order valence-electron chi connectivity index (χ3n) is 7.67. The van der Waals surface area contributed by atoms with Gasteiger partial charge >= 0.3 is 6.18 Å². The van der Waals surface area contributed by atoms with Crippen molar-refractivity contribution < 1.29 is 40.3 Å². The molecule has 1 saturated heterocycles. The molecule has 0 radical (unpaired) electrons. The second-order valence-corrected chi connectivity index (χ2v) is 10.5. The Morgan fingerprint density at radius 3 is 2.31 bits per heavy atom. The molecule has 1 aliphatic heterocycles. The SMILES string of the molecule is CN(Cc1cc(F)cc(F)c1)C1(C(=O)N(C=O)c2ccc(C(F)(F)F)nc2)CCN(c2cnc3cnn(CC(F)F)c3n2)CC1. The maximum Gasteiger partial charge on any atom is 0.433 e. The number of fused-ring (bicyclic) bond motifs is 1. The Balaban J connectivity index is 1.46. The summed E-state index contributed by atoms with van der Waals surface area (Å²) in [6.45, 7) is -0.550. The molecule has 0 bridgehead atoms. The largest absolute Gasteiger partial charge is 0.433 e. The van der Waals surface area contributed by atoms with E-state index >= 15 is 0 Å². The molecule has 17 heteroatoms. The molecule has 4 aromatic rings. The van der Waals surface area contributed by atoms with E-state index in [1.54, 1.807) is 4.90 Å². The van der Waals surface area contributed by atoms with Crippen molar-refractivity contribution in [3.63, 3.8) is 0 Å². The lowest BCUT2D eigenvalue weighted by molar-refractivity contribution is -0.141. The summed E-state index contributed by atoms with van der Waals surface area (Å²) in [7, 11) is 1.53. The molecule has 1 fully saturated rings. The fraction of sp³-hybridized carbons (Fsp3) is 0.357. The lowest BCUT2D eigenvalue weighted by Crippen LogP contribution is -2.63. The number of benzene rings is 1. The van der Waals surface area contributed by atoms with Crippen molar-refractivity contribution in [1.82, 2.24) is 29.6 Å². The van der Waals surface area contributed by atoms with Gasteiger partial charge in [-0.2, -0.15) is 18.3 Å². The number of anilines is 2. The fourth-order valence-corrected chi connectivity index (χ4v) is 5.39. The van der Waals surface area contributed by atoms with E-state index in [1.807, 2.05) is 0 Å². The number of carbonyl (C=O) groups excluding carboxylic acids is 2. The molecule has 0 saturated carbocycles. The molecular formula is C28H25F7N8O2. The Kier molecular flexibility index (Phi) is 8.73. The minimum Gasteiger partial charge on any atom is -0.355 e. The third kappa shape index (κ3) is 6.57. The van der Waals surface area contributed by atoms with E-state index in [1.165, 1.54) is 24.3 Å². The summed E-state index contributed by atoms with van der Waals surface area (Å²) < 4.78 is 94.3. The van der Waals surface area contributed by atoms with Crippen molar-refractivity contribution in [3.05, 3.63) is 71.8 Å². The molecular weight excluding hydrogens is 613 g/mol. The summed E-state index contributed by atoms with van der Waals surface area (Å²) in [4.78, 5) is 42.3. The van der Waals surface area contributed by atoms with Crippen LogP contribution in [0.5, 0.6) is 0 Å². The molecule has 4 heterocycles. The lowest BCUT2D eigenvalue weighted by Gasteiger charge is -2.47. The average Bonchev–Trinajstić information content (AvgIpc) is 3.38. The van der Waals surface area contributed by atoms with Crippen molar-refractivity contribution in [2.75, 3.05) is 29.9 Å². The van der Waals surface area contributed by atoms with Gasteiger partial charge in [-0.05, 0) is 49.7 Å². The number of carbonyl (C=O) groups is 2. The number of alkyl halides is 5. The van der Waals surface area contributed by atoms with Crippen LogP contribution >= 0.6 is 0 Å². The minimum atomic E-state index is -4.74. The molecule has 10 nitrogen and oxygen atoms in total. The van der Waals surface area contributed by atoms with Crippen LogP contribution in [0.3, 0.4) is 0 Å². The number of halogens is 7. The van der Waals surface area contributed by atoms with Gasteiger partial charge in [0.05, 0.1) is 24.3 Å². The highest BCUT2D eigenvalue weighted by molar-refractivity contribution is 6.11. The summed E-state index contributed by atoms with van der Waals surface area (Å²) in [5.74, 6) is -2.15. The van der Waals surface area contributed by atoms with Crippen molar-refractivity contribution in [1.29, 1.82) is 0 Å². The molecule has 238 valence electrons. The molecule has 0 unspecified atom stereocenters. The Morgan fingerprint density at radius 1 is 1.04 bits per heavy atom. The normalized spacial score (nSPS) is 15.2. The van der Waals surface area contributed by atoms with E-state index in [0.717, 1.165) is 29.1 Å². The maximum absolute atomic E-state index is 14.2. The topological polar surface area (TPSA) is 100 Å². The summed E-state index contributed by atoms with van der Waals surface area (Å²) in [5.41, 5.74) is -2.29. The molecule has 0 spiro atoms. The first-order valence-electron chi connectivity index (χ1n) is 13.5. The van der Waals surface area contributed by atoms with Crippen LogP contribution in [0.4, 0.5) is 42.2 Å². The summed E-state index contributed by atoms with van der Waals surface area (Å²) in [6, 6.07) is 4.47. The van der Waals surface area contributed by atoms with Crippen LogP contribution in [0.1, 0.15) is 24.1 Å². The van der Waals surface area contributed by atoms with Crippen LogP contribution < -0.4 is 9.80 Å². The zero-order chi connectivity index (χ0) is 32.5. The predicted octanol–water partition coefficient (Wildman–Crippen LogP) is 4.44. The second-order valence-electron chi connectivity index (χ2n) is 10.5. The Labute approximate surface area is 251 Å². The van der Waals surface area contributed by atoms with Gasteiger partial charge in [0, 0.05) is 25.7 Å². The first-order valence-corrected chi connectivity index (χ1v) is 13.5. The number of nitrogens with zero attached hydrogens (tertiary/aromatic N) is 8. The fourth-order valence-electron chi connectivity index (χ4n) is 5.39. The van der Waals surface area contributed by atoms with Gasteiger partial charge in [0.25, 0.3) is 12.3 Å². The van der Waals surface area contributed by atoms with Gasteiger partial charge in [-0.25, -0.2) is 42.1 Å². The van der Waals surface area contributed by atoms with Crippen molar-refractivity contribution >= 4 is 35.0 Å². The molecule has 2 amide bonds. The van der Waals surface area contributed by atoms with Crippen LogP contribution in [-0.2, 0) is 28.9 Å². The smallest absolute Gasteiger partial charge is 0.355 e. The highest BCUT2D eigenvalue weighted by atomic mass is 19.4. The number of hydrogen-bond donors (Lipinski definition) is 0. The second kappa shape index (κ2) is 12.4. The number of piperidine rings is 1. The van der Waals surface area contributed by atoms with E-state index < -0.39 is 47.9 Å². The molecule has 3 aromatic heterocycles. The van der Waals surface area contributed by atoms with Gasteiger partial charge in [0.2, 0.25) is 6.41 Å². The van der Waals surface area contributed by atoms with Crippen LogP contribution in [0.2, 0.25) is 0 Å². The Hall–Kier alpha value is -4.67. The van der Waals surface area contributed by atoms with Crippen molar-refractivity contribution in [3.8, 4) is 0 Å². The predicted molar refractivity (Wildman–Crippen MR) is 146 cm³/mol. The molecule has 1 aliphatic rings. The maximum atomic E-state index is 14.2. The number of rotatable bonds is 9. The summed E-state index contributed by atoms with van der Waals surface area (Å²) in [5, 5.41) is 3.90. The van der Waals surface area contributed by atoms with E-state index in [-0.39, 0.29) is 55.8 Å². The van der Waals surface area contributed by atoms with Crippen LogP contribution in [0.15, 0.2) is 48.9 Å². The van der Waals surface area contributed by atoms with Gasteiger partial charge in [-0.15, -0.1) is 0 Å². The quantitative estimate of drug-likeness (QED) is 0.196. The van der Waals surface area contributed by atoms with Gasteiger partial charge < -0.3 is 4.90 Å². The molecule has 45 heavy (non-hydrogen) atoms. The Bertz CT molecular complexity index is 1670. The molecule has 0 N–H and O–H groups in total. The molecule has 1 aromatic carbocycles. The first-order chi connectivity index (χ1) is 21.3. The minimum absolute atomic E-state index is 0.0224. The summed E-state index contributed by atoms with van der Waals surface area (Å²) in [6.07, 6.45) is -3.72. The van der Waals surface area contributed by atoms with E-state index in [2.05, 4.69) is 20.1 Å². The zero-order valence-electron chi connectivity index (χ0n) is 23.6.